The van der Waals surface area contributed by atoms with Gasteiger partial charge in [0.25, 0.3) is 0 Å². The number of rotatable bonds is 8. The SMILES string of the molecule is N=[S-](=O)[C@@H](CC[C@](O)(c1ccccc1)C(F)(F)F)C[C@H](N)C(=O)O. The van der Waals surface area contributed by atoms with Crippen LogP contribution in [-0.4, -0.2) is 33.7 Å². The van der Waals surface area contributed by atoms with E-state index in [0.717, 1.165) is 12.1 Å². The Morgan fingerprint density at radius 1 is 1.29 bits per heavy atom. The van der Waals surface area contributed by atoms with Crippen LogP contribution in [0.15, 0.2) is 30.3 Å². The molecule has 0 spiro atoms. The van der Waals surface area contributed by atoms with Crippen LogP contribution >= 0.6 is 0 Å². The smallest absolute Gasteiger partial charge is 0.421 e. The Balaban J connectivity index is 3.01. The van der Waals surface area contributed by atoms with Crippen molar-refractivity contribution in [3.63, 3.8) is 0 Å². The lowest BCUT2D eigenvalue weighted by molar-refractivity contribution is -0.269. The van der Waals surface area contributed by atoms with E-state index in [4.69, 9.17) is 15.6 Å². The van der Waals surface area contributed by atoms with Crippen LogP contribution in [-0.2, 0) is 25.2 Å². The van der Waals surface area contributed by atoms with Crippen LogP contribution in [0.3, 0.4) is 0 Å². The molecule has 0 saturated carbocycles. The molecule has 10 heteroatoms. The van der Waals surface area contributed by atoms with E-state index >= 15 is 0 Å². The Bertz CT molecular complexity index is 629. The first-order valence-electron chi connectivity index (χ1n) is 6.94. The van der Waals surface area contributed by atoms with Gasteiger partial charge >= 0.3 is 12.1 Å². The van der Waals surface area contributed by atoms with Crippen LogP contribution in [0.1, 0.15) is 24.8 Å². The Labute approximate surface area is 138 Å². The molecule has 1 aromatic carbocycles. The number of carboxylic acid groups (broad SMARTS) is 1. The third kappa shape index (κ3) is 4.92. The van der Waals surface area contributed by atoms with Gasteiger partial charge in [0.15, 0.2) is 5.60 Å². The van der Waals surface area contributed by atoms with Crippen LogP contribution in [0.25, 0.3) is 0 Å². The standard InChI is InChI=1S/C14H18F3N2O4S/c15-14(16,17)13(22,9-4-2-1-3-5-9)7-6-10(24(19)23)8-11(18)12(20)21/h1-5,10-11,19,22H,6-8,18H2,(H,20,21)/q-1/t10-,11-,13-/m0/s1. The third-order valence-electron chi connectivity index (χ3n) is 3.69. The van der Waals surface area contributed by atoms with Crippen molar-refractivity contribution in [2.75, 3.05) is 0 Å². The number of aliphatic hydroxyl groups is 1. The van der Waals surface area contributed by atoms with Crippen molar-refractivity contribution in [3.8, 4) is 0 Å². The molecule has 0 amide bonds. The normalized spacial score (nSPS) is 17.2. The Kier molecular flexibility index (Phi) is 6.76. The lowest BCUT2D eigenvalue weighted by Crippen LogP contribution is -2.43. The van der Waals surface area contributed by atoms with E-state index < -0.39 is 58.9 Å². The predicted octanol–water partition coefficient (Wildman–Crippen LogP) is 2.11. The first-order chi connectivity index (χ1) is 11.0. The van der Waals surface area contributed by atoms with E-state index in [9.17, 15) is 27.3 Å². The molecule has 0 radical (unpaired) electrons. The molecule has 0 bridgehead atoms. The monoisotopic (exact) mass is 367 g/mol. The Hall–Kier alpha value is -1.65. The average Bonchev–Trinajstić information content (AvgIpc) is 2.50. The summed E-state index contributed by atoms with van der Waals surface area (Å²) < 4.78 is 58.6. The fourth-order valence-corrected chi connectivity index (χ4v) is 2.94. The zero-order chi connectivity index (χ0) is 18.5. The molecule has 0 aliphatic rings. The number of aliphatic carboxylic acids is 1. The van der Waals surface area contributed by atoms with Crippen molar-refractivity contribution in [1.82, 2.24) is 0 Å². The van der Waals surface area contributed by atoms with Crippen molar-refractivity contribution in [2.24, 2.45) is 5.73 Å². The highest BCUT2D eigenvalue weighted by Gasteiger charge is 2.54. The van der Waals surface area contributed by atoms with Crippen LogP contribution in [0.5, 0.6) is 0 Å². The van der Waals surface area contributed by atoms with Gasteiger partial charge in [-0.15, -0.1) is 0 Å². The molecule has 1 rings (SSSR count). The van der Waals surface area contributed by atoms with Gasteiger partial charge in [0.1, 0.15) is 6.04 Å². The fraction of sp³-hybridized carbons (Fsp3) is 0.500. The summed E-state index contributed by atoms with van der Waals surface area (Å²) in [5, 5.41) is 17.7. The number of nitrogens with two attached hydrogens (primary N) is 1. The number of carboxylic acids is 1. The minimum absolute atomic E-state index is 0.380. The number of halogens is 3. The molecule has 3 atom stereocenters. The minimum Gasteiger partial charge on any atom is -0.480 e. The quantitative estimate of drug-likeness (QED) is 0.524. The minimum atomic E-state index is -4.99. The van der Waals surface area contributed by atoms with Crippen molar-refractivity contribution in [1.29, 1.82) is 4.78 Å². The van der Waals surface area contributed by atoms with Gasteiger partial charge in [-0.2, -0.15) is 23.8 Å². The second kappa shape index (κ2) is 7.95. The predicted molar refractivity (Wildman–Crippen MR) is 80.4 cm³/mol. The zero-order valence-corrected chi connectivity index (χ0v) is 13.3. The van der Waals surface area contributed by atoms with Gasteiger partial charge in [0.05, 0.1) is 0 Å². The highest BCUT2D eigenvalue weighted by atomic mass is 32.2. The maximum Gasteiger partial charge on any atom is 0.421 e. The molecule has 0 aromatic heterocycles. The van der Waals surface area contributed by atoms with Gasteiger partial charge in [-0.1, -0.05) is 42.0 Å². The molecule has 6 nitrogen and oxygen atoms in total. The first-order valence-corrected chi connectivity index (χ1v) is 8.15. The van der Waals surface area contributed by atoms with Crippen LogP contribution in [0.4, 0.5) is 13.2 Å². The second-order valence-electron chi connectivity index (χ2n) is 5.36. The van der Waals surface area contributed by atoms with E-state index in [2.05, 4.69) is 0 Å². The summed E-state index contributed by atoms with van der Waals surface area (Å²) in [4.78, 5) is 10.7. The summed E-state index contributed by atoms with van der Waals surface area (Å²) in [7, 11) is -2.33. The lowest BCUT2D eigenvalue weighted by atomic mass is 9.87. The molecule has 5 N–H and O–H groups in total. The molecular formula is C14H18F3N2O4S-. The largest absolute Gasteiger partial charge is 0.480 e. The van der Waals surface area contributed by atoms with E-state index in [1.165, 1.54) is 18.2 Å². The van der Waals surface area contributed by atoms with Gasteiger partial charge in [-0.05, 0) is 18.4 Å². The number of nitrogens with one attached hydrogen (secondary N) is 1. The maximum absolute atomic E-state index is 13.3. The van der Waals surface area contributed by atoms with Crippen LogP contribution < -0.4 is 5.73 Å². The number of hydrogen-bond donors (Lipinski definition) is 4. The van der Waals surface area contributed by atoms with E-state index in [-0.39, 0.29) is 5.56 Å². The molecule has 0 aliphatic heterocycles. The molecule has 0 saturated heterocycles. The van der Waals surface area contributed by atoms with Crippen molar-refractivity contribution in [3.05, 3.63) is 35.9 Å². The first kappa shape index (κ1) is 20.4. The molecule has 24 heavy (non-hydrogen) atoms. The van der Waals surface area contributed by atoms with Crippen molar-refractivity contribution in [2.45, 2.75) is 42.3 Å². The maximum atomic E-state index is 13.3. The lowest BCUT2D eigenvalue weighted by Gasteiger charge is -2.33. The van der Waals surface area contributed by atoms with Crippen molar-refractivity contribution < 1.29 is 32.4 Å². The second-order valence-corrected chi connectivity index (χ2v) is 6.62. The molecule has 0 aliphatic carbocycles. The molecule has 1 aromatic rings. The zero-order valence-electron chi connectivity index (χ0n) is 12.5. The summed E-state index contributed by atoms with van der Waals surface area (Å²) in [6, 6.07) is 4.96. The van der Waals surface area contributed by atoms with Gasteiger partial charge in [-0.25, -0.2) is 0 Å². The van der Waals surface area contributed by atoms with Crippen LogP contribution in [0, 0.1) is 4.78 Å². The number of hydrogen-bond acceptors (Lipinski definition) is 6. The highest BCUT2D eigenvalue weighted by Crippen LogP contribution is 2.42. The molecule has 0 unspecified atom stereocenters. The van der Waals surface area contributed by atoms with Gasteiger partial charge in [0, 0.05) is 0 Å². The van der Waals surface area contributed by atoms with Crippen molar-refractivity contribution >= 4 is 16.6 Å². The Morgan fingerprint density at radius 3 is 2.25 bits per heavy atom. The fourth-order valence-electron chi connectivity index (χ4n) is 2.23. The van der Waals surface area contributed by atoms with E-state index in [0.29, 0.717) is 0 Å². The van der Waals surface area contributed by atoms with Gasteiger partial charge in [0.2, 0.25) is 0 Å². The van der Waals surface area contributed by atoms with E-state index in [1.54, 1.807) is 0 Å². The summed E-state index contributed by atoms with van der Waals surface area (Å²) in [6.45, 7) is 0. The molecule has 0 fully saturated rings. The van der Waals surface area contributed by atoms with E-state index in [1.807, 2.05) is 0 Å². The summed E-state index contributed by atoms with van der Waals surface area (Å²) in [5.41, 5.74) is 1.73. The number of carbonyl (C=O) groups is 1. The Morgan fingerprint density at radius 2 is 1.83 bits per heavy atom. The molecule has 0 heterocycles. The highest BCUT2D eigenvalue weighted by molar-refractivity contribution is 7.74. The third-order valence-corrected chi connectivity index (χ3v) is 4.72. The van der Waals surface area contributed by atoms with Gasteiger partial charge in [-0.3, -0.25) is 4.79 Å². The van der Waals surface area contributed by atoms with Gasteiger partial charge < -0.3 is 24.9 Å². The summed E-state index contributed by atoms with van der Waals surface area (Å²) in [6.07, 6.45) is -6.74. The summed E-state index contributed by atoms with van der Waals surface area (Å²) in [5.74, 6) is -1.40. The van der Waals surface area contributed by atoms with Crippen LogP contribution in [0.2, 0.25) is 0 Å². The summed E-state index contributed by atoms with van der Waals surface area (Å²) >= 11 is 0. The number of alkyl halides is 3. The number of benzene rings is 1. The molecular weight excluding hydrogens is 349 g/mol. The topological polar surface area (TPSA) is 124 Å². The average molecular weight is 367 g/mol. The molecule has 136 valence electrons.